The fourth-order valence-corrected chi connectivity index (χ4v) is 3.55. The third-order valence-electron chi connectivity index (χ3n) is 3.90. The van der Waals surface area contributed by atoms with Gasteiger partial charge in [0.1, 0.15) is 5.76 Å². The number of furan rings is 1. The number of nitrogens with one attached hydrogen (secondary N) is 1. The highest BCUT2D eigenvalue weighted by molar-refractivity contribution is 7.21. The number of thiazole rings is 1. The summed E-state index contributed by atoms with van der Waals surface area (Å²) >= 11 is 1.60. The van der Waals surface area contributed by atoms with Crippen LogP contribution in [0.3, 0.4) is 0 Å². The van der Waals surface area contributed by atoms with Crippen molar-refractivity contribution in [3.8, 4) is 10.8 Å². The van der Waals surface area contributed by atoms with Crippen LogP contribution in [0.2, 0.25) is 0 Å². The van der Waals surface area contributed by atoms with Crippen LogP contribution in [0.1, 0.15) is 12.2 Å². The zero-order valence-corrected chi connectivity index (χ0v) is 13.3. The van der Waals surface area contributed by atoms with E-state index in [1.54, 1.807) is 11.3 Å². The molecule has 0 aliphatic carbocycles. The summed E-state index contributed by atoms with van der Waals surface area (Å²) in [5.74, 6) is 1.46. The van der Waals surface area contributed by atoms with E-state index < -0.39 is 0 Å². The third-order valence-corrected chi connectivity index (χ3v) is 4.95. The monoisotopic (exact) mass is 328 g/mol. The molecule has 23 heavy (non-hydrogen) atoms. The third kappa shape index (κ3) is 3.00. The van der Waals surface area contributed by atoms with E-state index in [-0.39, 0.29) is 11.8 Å². The number of benzene rings is 1. The first-order valence-electron chi connectivity index (χ1n) is 7.60. The summed E-state index contributed by atoms with van der Waals surface area (Å²) in [6.45, 7) is 1.57. The number of rotatable bonds is 4. The minimum Gasteiger partial charge on any atom is -0.457 e. The van der Waals surface area contributed by atoms with Gasteiger partial charge in [0.15, 0.2) is 10.8 Å². The molecule has 1 atom stereocenters. The molecule has 1 aliphatic rings. The maximum absolute atomic E-state index is 12.0. The summed E-state index contributed by atoms with van der Waals surface area (Å²) in [6.07, 6.45) is 0.793. The normalized spacial score (nSPS) is 17.7. The van der Waals surface area contributed by atoms with Gasteiger partial charge in [0.2, 0.25) is 5.91 Å². The Morgan fingerprint density at radius 1 is 1.30 bits per heavy atom. The van der Waals surface area contributed by atoms with Crippen molar-refractivity contribution in [2.45, 2.75) is 13.0 Å². The molecular weight excluding hydrogens is 312 g/mol. The van der Waals surface area contributed by atoms with Crippen LogP contribution in [-0.4, -0.2) is 24.1 Å². The van der Waals surface area contributed by atoms with E-state index in [0.29, 0.717) is 19.8 Å². The van der Waals surface area contributed by atoms with Crippen LogP contribution < -0.4 is 5.32 Å². The molecule has 1 aromatic carbocycles. The Bertz CT molecular complexity index is 800. The minimum absolute atomic E-state index is 0.0282. The average Bonchev–Trinajstić information content (AvgIpc) is 3.31. The summed E-state index contributed by atoms with van der Waals surface area (Å²) in [6, 6.07) is 11.8. The van der Waals surface area contributed by atoms with Gasteiger partial charge < -0.3 is 14.5 Å². The smallest absolute Gasteiger partial charge is 0.225 e. The lowest BCUT2D eigenvalue weighted by Gasteiger charge is -2.07. The van der Waals surface area contributed by atoms with E-state index in [2.05, 4.69) is 10.3 Å². The summed E-state index contributed by atoms with van der Waals surface area (Å²) in [5, 5.41) is 3.76. The lowest BCUT2D eigenvalue weighted by atomic mass is 10.1. The second-order valence-corrected chi connectivity index (χ2v) is 6.56. The van der Waals surface area contributed by atoms with Crippen LogP contribution in [0.25, 0.3) is 21.0 Å². The van der Waals surface area contributed by atoms with Gasteiger partial charge in [0, 0.05) is 6.61 Å². The van der Waals surface area contributed by atoms with E-state index in [9.17, 15) is 4.79 Å². The molecule has 118 valence electrons. The van der Waals surface area contributed by atoms with E-state index in [4.69, 9.17) is 9.15 Å². The number of amides is 1. The minimum atomic E-state index is -0.0336. The van der Waals surface area contributed by atoms with Gasteiger partial charge in [0.05, 0.1) is 29.3 Å². The fraction of sp³-hybridized carbons (Fsp3) is 0.294. The number of fused-ring (bicyclic) bond motifs is 1. The summed E-state index contributed by atoms with van der Waals surface area (Å²) < 4.78 is 12.2. The van der Waals surface area contributed by atoms with Crippen molar-refractivity contribution in [1.29, 1.82) is 0 Å². The molecule has 1 unspecified atom stereocenters. The maximum atomic E-state index is 12.0. The highest BCUT2D eigenvalue weighted by Gasteiger charge is 2.23. The van der Waals surface area contributed by atoms with Crippen LogP contribution in [0.15, 0.2) is 40.8 Å². The molecule has 2 aromatic heterocycles. The fourth-order valence-electron chi connectivity index (χ4n) is 2.63. The van der Waals surface area contributed by atoms with Gasteiger partial charge in [-0.1, -0.05) is 12.1 Å². The van der Waals surface area contributed by atoms with Gasteiger partial charge in [0.25, 0.3) is 0 Å². The molecule has 6 heteroatoms. The molecule has 3 aromatic rings. The van der Waals surface area contributed by atoms with Crippen molar-refractivity contribution in [2.75, 3.05) is 13.2 Å². The largest absolute Gasteiger partial charge is 0.457 e. The lowest BCUT2D eigenvalue weighted by Crippen LogP contribution is -2.30. The molecule has 1 aliphatic heterocycles. The van der Waals surface area contributed by atoms with Gasteiger partial charge in [-0.3, -0.25) is 4.79 Å². The number of hydrogen-bond donors (Lipinski definition) is 1. The van der Waals surface area contributed by atoms with Crippen molar-refractivity contribution >= 4 is 27.5 Å². The van der Waals surface area contributed by atoms with Crippen LogP contribution in [0.5, 0.6) is 0 Å². The van der Waals surface area contributed by atoms with E-state index >= 15 is 0 Å². The summed E-state index contributed by atoms with van der Waals surface area (Å²) in [4.78, 5) is 16.5. The number of hydrogen-bond acceptors (Lipinski definition) is 5. The number of aromatic nitrogens is 1. The molecule has 1 fully saturated rings. The zero-order chi connectivity index (χ0) is 15.6. The van der Waals surface area contributed by atoms with Crippen molar-refractivity contribution in [3.63, 3.8) is 0 Å². The zero-order valence-electron chi connectivity index (χ0n) is 12.5. The van der Waals surface area contributed by atoms with Crippen LogP contribution in [-0.2, 0) is 16.1 Å². The summed E-state index contributed by atoms with van der Waals surface area (Å²) in [5.41, 5.74) is 0.972. The number of ether oxygens (including phenoxy) is 1. The van der Waals surface area contributed by atoms with E-state index in [1.165, 1.54) is 0 Å². The Kier molecular flexibility index (Phi) is 3.85. The van der Waals surface area contributed by atoms with E-state index in [0.717, 1.165) is 33.2 Å². The van der Waals surface area contributed by atoms with Gasteiger partial charge in [-0.05, 0) is 30.7 Å². The molecule has 1 saturated heterocycles. The van der Waals surface area contributed by atoms with Crippen molar-refractivity contribution in [1.82, 2.24) is 10.3 Å². The molecule has 3 heterocycles. The predicted octanol–water partition coefficient (Wildman–Crippen LogP) is 3.21. The van der Waals surface area contributed by atoms with Crippen LogP contribution in [0.4, 0.5) is 0 Å². The van der Waals surface area contributed by atoms with Crippen molar-refractivity contribution in [2.24, 2.45) is 5.92 Å². The van der Waals surface area contributed by atoms with Crippen LogP contribution in [0, 0.1) is 5.92 Å². The van der Waals surface area contributed by atoms with Gasteiger partial charge >= 0.3 is 0 Å². The first-order valence-corrected chi connectivity index (χ1v) is 8.41. The Balaban J connectivity index is 1.45. The first kappa shape index (κ1) is 14.4. The first-order chi connectivity index (χ1) is 11.3. The maximum Gasteiger partial charge on any atom is 0.225 e. The molecule has 1 amide bonds. The lowest BCUT2D eigenvalue weighted by molar-refractivity contribution is -0.125. The predicted molar refractivity (Wildman–Crippen MR) is 88.1 cm³/mol. The number of carbonyl (C=O) groups is 1. The van der Waals surface area contributed by atoms with Gasteiger partial charge in [-0.2, -0.15) is 0 Å². The molecule has 0 saturated carbocycles. The second-order valence-electron chi connectivity index (χ2n) is 5.53. The van der Waals surface area contributed by atoms with Crippen molar-refractivity contribution < 1.29 is 13.9 Å². The highest BCUT2D eigenvalue weighted by Crippen LogP contribution is 2.31. The Hall–Kier alpha value is -2.18. The number of para-hydroxylation sites is 1. The molecule has 0 radical (unpaired) electrons. The molecular formula is C17H16N2O3S. The van der Waals surface area contributed by atoms with Crippen LogP contribution >= 0.6 is 11.3 Å². The second kappa shape index (κ2) is 6.14. The average molecular weight is 328 g/mol. The number of nitrogens with zero attached hydrogens (tertiary/aromatic N) is 1. The molecule has 0 spiro atoms. The summed E-state index contributed by atoms with van der Waals surface area (Å²) in [7, 11) is 0. The molecule has 5 nitrogen and oxygen atoms in total. The molecule has 1 N–H and O–H groups in total. The SMILES string of the molecule is O=C(NCc1ccc(-c2nc3ccccc3s2)o1)C1CCOC1. The Labute approximate surface area is 137 Å². The van der Waals surface area contributed by atoms with Gasteiger partial charge in [-0.15, -0.1) is 11.3 Å². The van der Waals surface area contributed by atoms with E-state index in [1.807, 2.05) is 36.4 Å². The molecule has 4 rings (SSSR count). The standard InChI is InChI=1S/C17H16N2O3S/c20-16(11-7-8-21-10-11)18-9-12-5-6-14(22-12)17-19-13-3-1-2-4-15(13)23-17/h1-6,11H,7-10H2,(H,18,20). The number of carbonyl (C=O) groups excluding carboxylic acids is 1. The van der Waals surface area contributed by atoms with Crippen molar-refractivity contribution in [3.05, 3.63) is 42.2 Å². The molecule has 0 bridgehead atoms. The quantitative estimate of drug-likeness (QED) is 0.799. The highest BCUT2D eigenvalue weighted by atomic mass is 32.1. The topological polar surface area (TPSA) is 64.4 Å². The van der Waals surface area contributed by atoms with Gasteiger partial charge in [-0.25, -0.2) is 4.98 Å². The Morgan fingerprint density at radius 2 is 2.22 bits per heavy atom. The Morgan fingerprint density at radius 3 is 3.04 bits per heavy atom.